The van der Waals surface area contributed by atoms with Crippen molar-refractivity contribution in [2.75, 3.05) is 5.73 Å². The van der Waals surface area contributed by atoms with E-state index in [2.05, 4.69) is 110 Å². The molecular weight excluding hydrogens is 619 g/mol. The number of fused-ring (bicyclic) bond motifs is 7. The molecule has 6 aromatic rings. The molecule has 3 heterocycles. The molecule has 0 aliphatic heterocycles. The molecule has 3 aromatic carbocycles. The number of benzene rings is 3. The number of furan rings is 1. The number of aromatic nitrogens is 1. The molecule has 0 fully saturated rings. The number of nitrogens with zero attached hydrogens (tertiary/aromatic N) is 2. The molecule has 0 amide bonds. The first kappa shape index (κ1) is 30.9. The van der Waals surface area contributed by atoms with Crippen LogP contribution in [0.4, 0.5) is 5.69 Å². The summed E-state index contributed by atoms with van der Waals surface area (Å²) in [5.41, 5.74) is 17.0. The Hall–Kier alpha value is -5.39. The topological polar surface area (TPSA) is 56.4 Å². The summed E-state index contributed by atoms with van der Waals surface area (Å²) in [7, 11) is 0. The molecule has 242 valence electrons. The summed E-state index contributed by atoms with van der Waals surface area (Å²) in [5, 5.41) is 2.60. The average molecular weight is 658 g/mol. The number of para-hydroxylation sites is 1. The number of allylic oxidation sites excluding steroid dienone is 6. The van der Waals surface area contributed by atoms with E-state index in [4.69, 9.17) is 15.1 Å². The minimum atomic E-state index is -0.0367. The van der Waals surface area contributed by atoms with Crippen LogP contribution in [0, 0.1) is 18.8 Å². The molecule has 0 bridgehead atoms. The van der Waals surface area contributed by atoms with Gasteiger partial charge >= 0.3 is 0 Å². The van der Waals surface area contributed by atoms with E-state index in [0.29, 0.717) is 28.8 Å². The van der Waals surface area contributed by atoms with Crippen LogP contribution in [-0.2, 0) is 6.42 Å². The first-order valence-electron chi connectivity index (χ1n) is 16.9. The van der Waals surface area contributed by atoms with Gasteiger partial charge in [-0.2, -0.15) is 0 Å². The minimum absolute atomic E-state index is 0.0367. The Kier molecular flexibility index (Phi) is 7.73. The molecule has 3 unspecified atom stereocenters. The van der Waals surface area contributed by atoms with Gasteiger partial charge in [0.25, 0.3) is 0 Å². The van der Waals surface area contributed by atoms with Crippen molar-refractivity contribution in [1.29, 1.82) is 0 Å². The zero-order valence-corrected chi connectivity index (χ0v) is 28.9. The van der Waals surface area contributed by atoms with Crippen molar-refractivity contribution in [3.05, 3.63) is 162 Å². The average Bonchev–Trinajstić information content (AvgIpc) is 3.76. The van der Waals surface area contributed by atoms with Gasteiger partial charge in [-0.05, 0) is 59.9 Å². The van der Waals surface area contributed by atoms with Crippen molar-refractivity contribution in [3.8, 4) is 10.4 Å². The zero-order valence-electron chi connectivity index (χ0n) is 28.1. The van der Waals surface area contributed by atoms with E-state index < -0.39 is 0 Å². The predicted molar refractivity (Wildman–Crippen MR) is 209 cm³/mol. The Balaban J connectivity index is 1.34. The fourth-order valence-electron chi connectivity index (χ4n) is 7.65. The Morgan fingerprint density at radius 2 is 1.65 bits per heavy atom. The third kappa shape index (κ3) is 4.99. The van der Waals surface area contributed by atoms with E-state index in [1.165, 1.54) is 37.2 Å². The predicted octanol–water partition coefficient (Wildman–Crippen LogP) is 11.6. The highest BCUT2D eigenvalue weighted by atomic mass is 32.1. The molecule has 0 spiro atoms. The van der Waals surface area contributed by atoms with E-state index in [0.717, 1.165) is 34.5 Å². The Bertz CT molecular complexity index is 2410. The smallest absolute Gasteiger partial charge is 0.172 e. The molecule has 3 aromatic heterocycles. The lowest BCUT2D eigenvalue weighted by atomic mass is 9.84. The van der Waals surface area contributed by atoms with Crippen LogP contribution in [0.2, 0.25) is 0 Å². The van der Waals surface area contributed by atoms with Gasteiger partial charge in [0.2, 0.25) is 0 Å². The van der Waals surface area contributed by atoms with E-state index in [-0.39, 0.29) is 11.8 Å². The van der Waals surface area contributed by atoms with Gasteiger partial charge in [0.15, 0.2) is 11.5 Å². The second kappa shape index (κ2) is 12.2. The van der Waals surface area contributed by atoms with Crippen LogP contribution in [0.25, 0.3) is 42.8 Å². The summed E-state index contributed by atoms with van der Waals surface area (Å²) in [6.07, 6.45) is 13.3. The van der Waals surface area contributed by atoms with E-state index >= 15 is 0 Å². The summed E-state index contributed by atoms with van der Waals surface area (Å²) in [6.45, 7) is 15.1. The first-order valence-corrected chi connectivity index (χ1v) is 17.7. The van der Waals surface area contributed by atoms with Crippen molar-refractivity contribution in [2.45, 2.75) is 33.1 Å². The maximum absolute atomic E-state index is 7.03. The number of thiophene rings is 1. The molecule has 4 nitrogen and oxygen atoms in total. The lowest BCUT2D eigenvalue weighted by molar-refractivity contribution is 0.526. The van der Waals surface area contributed by atoms with Gasteiger partial charge in [-0.25, -0.2) is 4.99 Å². The van der Waals surface area contributed by atoms with Crippen LogP contribution < -0.4 is 5.73 Å². The van der Waals surface area contributed by atoms with Crippen molar-refractivity contribution in [2.24, 2.45) is 16.8 Å². The van der Waals surface area contributed by atoms with Crippen molar-refractivity contribution >= 4 is 55.1 Å². The molecule has 0 saturated carbocycles. The number of rotatable bonds is 7. The van der Waals surface area contributed by atoms with Crippen molar-refractivity contribution in [1.82, 2.24) is 4.57 Å². The van der Waals surface area contributed by atoms with E-state index in [1.54, 1.807) is 0 Å². The van der Waals surface area contributed by atoms with Gasteiger partial charge in [0.1, 0.15) is 0 Å². The van der Waals surface area contributed by atoms with Gasteiger partial charge < -0.3 is 14.7 Å². The van der Waals surface area contributed by atoms with Crippen LogP contribution in [0.3, 0.4) is 0 Å². The third-order valence-electron chi connectivity index (χ3n) is 10.1. The normalized spacial score (nSPS) is 19.0. The Morgan fingerprint density at radius 1 is 0.939 bits per heavy atom. The van der Waals surface area contributed by atoms with Gasteiger partial charge in [-0.15, -0.1) is 11.3 Å². The zero-order chi connectivity index (χ0) is 33.8. The standard InChI is InChI=1S/C44H39N3OS/c1-6-16-35(47-34-23-14-12-21-32(34)39-36(47)25-27(3)38-33-22-13-15-24-37(33)49-44(38)39)42-28(4)40(45)43(48-42)41(31-20-11-10-17-26(31)2)46-29(5)30-18-8-7-9-19-30/h6-24,26-27,31H,1,5,25,45H2,2-4H3/b35-16+,46-41?. The summed E-state index contributed by atoms with van der Waals surface area (Å²) in [6, 6.07) is 27.6. The second-order valence-corrected chi connectivity index (χ2v) is 14.2. The van der Waals surface area contributed by atoms with Gasteiger partial charge in [-0.3, -0.25) is 0 Å². The summed E-state index contributed by atoms with van der Waals surface area (Å²) >= 11 is 1.90. The number of aliphatic imine (C=N–C) groups is 1. The molecule has 0 saturated heterocycles. The van der Waals surface area contributed by atoms with Crippen molar-refractivity contribution < 1.29 is 4.42 Å². The minimum Gasteiger partial charge on any atom is -0.451 e. The number of hydrogen-bond acceptors (Lipinski definition) is 4. The lowest BCUT2D eigenvalue weighted by Crippen LogP contribution is -2.22. The number of nitrogen functional groups attached to an aromatic ring is 1. The van der Waals surface area contributed by atoms with E-state index in [1.807, 2.05) is 54.7 Å². The SMILES string of the molecule is C=C/C=C(\c1oc(C(=NC(=C)c2ccccc2)C2C=CC=CC2C)c(N)c1C)n1c2c(c3ccccc31)-c1sc3ccccc3c1C(C)C2. The van der Waals surface area contributed by atoms with Gasteiger partial charge in [-0.1, -0.05) is 124 Å². The highest BCUT2D eigenvalue weighted by Crippen LogP contribution is 2.52. The first-order chi connectivity index (χ1) is 23.9. The molecule has 2 N–H and O–H groups in total. The van der Waals surface area contributed by atoms with Crippen molar-refractivity contribution in [3.63, 3.8) is 0 Å². The molecule has 49 heavy (non-hydrogen) atoms. The van der Waals surface area contributed by atoms with Crippen LogP contribution in [0.15, 0.2) is 138 Å². The molecule has 2 aliphatic rings. The molecule has 8 rings (SSSR count). The van der Waals surface area contributed by atoms with Gasteiger partial charge in [0.05, 0.1) is 28.3 Å². The monoisotopic (exact) mass is 657 g/mol. The second-order valence-electron chi connectivity index (χ2n) is 13.2. The highest BCUT2D eigenvalue weighted by Gasteiger charge is 2.34. The van der Waals surface area contributed by atoms with Crippen LogP contribution in [0.5, 0.6) is 0 Å². The van der Waals surface area contributed by atoms with E-state index in [9.17, 15) is 0 Å². The molecule has 3 atom stereocenters. The van der Waals surface area contributed by atoms with Crippen LogP contribution >= 0.6 is 11.3 Å². The highest BCUT2D eigenvalue weighted by molar-refractivity contribution is 7.22. The third-order valence-corrected chi connectivity index (χ3v) is 11.3. The Morgan fingerprint density at radius 3 is 2.43 bits per heavy atom. The number of nitrogens with two attached hydrogens (primary N) is 1. The maximum Gasteiger partial charge on any atom is 0.172 e. The molecule has 2 aliphatic carbocycles. The summed E-state index contributed by atoms with van der Waals surface area (Å²) in [4.78, 5) is 6.53. The fourth-order valence-corrected chi connectivity index (χ4v) is 9.05. The molecule has 0 radical (unpaired) electrons. The Labute approximate surface area is 291 Å². The summed E-state index contributed by atoms with van der Waals surface area (Å²) in [5.74, 6) is 1.81. The fraction of sp³-hybridized carbons (Fsp3) is 0.159. The number of hydrogen-bond donors (Lipinski definition) is 1. The maximum atomic E-state index is 7.03. The molecule has 5 heteroatoms. The number of anilines is 1. The van der Waals surface area contributed by atoms with Crippen LogP contribution in [0.1, 0.15) is 53.7 Å². The largest absolute Gasteiger partial charge is 0.451 e. The lowest BCUT2D eigenvalue weighted by Gasteiger charge is -2.23. The van der Waals surface area contributed by atoms with Gasteiger partial charge in [0, 0.05) is 37.7 Å². The molecular formula is C44H39N3OS. The quantitative estimate of drug-likeness (QED) is 0.137. The van der Waals surface area contributed by atoms with Crippen LogP contribution in [-0.4, -0.2) is 10.3 Å². The summed E-state index contributed by atoms with van der Waals surface area (Å²) < 4.78 is 10.7.